The second-order valence-corrected chi connectivity index (χ2v) is 8.63. The number of nitrogens with zero attached hydrogens (tertiary/aromatic N) is 5. The number of hydrogen-bond acceptors (Lipinski definition) is 4. The number of hydrogen-bond donors (Lipinski definition) is 0. The van der Waals surface area contributed by atoms with Gasteiger partial charge in [-0.15, -0.1) is 0 Å². The molecule has 0 radical (unpaired) electrons. The molecule has 0 aliphatic heterocycles. The maximum atomic E-state index is 6.35. The van der Waals surface area contributed by atoms with E-state index in [4.69, 9.17) is 4.74 Å². The van der Waals surface area contributed by atoms with E-state index in [0.29, 0.717) is 0 Å². The number of benzene rings is 3. The average Bonchev–Trinajstić information content (AvgIpc) is 3.53. The van der Waals surface area contributed by atoms with Gasteiger partial charge in [0.1, 0.15) is 17.3 Å². The van der Waals surface area contributed by atoms with Crippen molar-refractivity contribution in [3.8, 4) is 23.0 Å². The Bertz CT molecular complexity index is 1650. The predicted octanol–water partition coefficient (Wildman–Crippen LogP) is 7.00. The molecule has 0 fully saturated rings. The highest BCUT2D eigenvalue weighted by atomic mass is 16.5. The van der Waals surface area contributed by atoms with Crippen molar-refractivity contribution in [2.75, 3.05) is 18.0 Å². The van der Waals surface area contributed by atoms with Gasteiger partial charge < -0.3 is 9.64 Å². The number of anilines is 1. The number of ether oxygens (including phenoxy) is 1. The van der Waals surface area contributed by atoms with Gasteiger partial charge in [0.25, 0.3) is 0 Å². The molecule has 6 heteroatoms. The lowest BCUT2D eigenvalue weighted by atomic mass is 10.1. The third-order valence-electron chi connectivity index (χ3n) is 6.54. The van der Waals surface area contributed by atoms with Crippen LogP contribution in [-0.2, 0) is 0 Å². The number of rotatable bonds is 7. The van der Waals surface area contributed by atoms with Gasteiger partial charge in [-0.05, 0) is 56.3 Å². The highest BCUT2D eigenvalue weighted by Crippen LogP contribution is 2.35. The van der Waals surface area contributed by atoms with Gasteiger partial charge in [-0.25, -0.2) is 9.67 Å². The monoisotopic (exact) mass is 473 g/mol. The van der Waals surface area contributed by atoms with E-state index < -0.39 is 0 Å². The fourth-order valence-electron chi connectivity index (χ4n) is 4.78. The van der Waals surface area contributed by atoms with Crippen LogP contribution in [0.1, 0.15) is 13.8 Å². The minimum atomic E-state index is 0.757. The van der Waals surface area contributed by atoms with Gasteiger partial charge in [0.2, 0.25) is 0 Å². The standard InChI is InChI=1S/C30H27N5O/c1-3-33(4-2)23-20-32-34(21-23)22-10-9-11-24(18-22)36-25-15-16-27-26-12-5-6-13-28(26)35(29(27)19-25)30-14-7-8-17-31-30/h5-21H,3-4H2,1-2H3. The zero-order valence-corrected chi connectivity index (χ0v) is 20.4. The Morgan fingerprint density at radius 2 is 1.58 bits per heavy atom. The Morgan fingerprint density at radius 3 is 2.42 bits per heavy atom. The van der Waals surface area contributed by atoms with Crippen LogP contribution in [0, 0.1) is 0 Å². The summed E-state index contributed by atoms with van der Waals surface area (Å²) >= 11 is 0. The van der Waals surface area contributed by atoms with Crippen LogP contribution >= 0.6 is 0 Å². The van der Waals surface area contributed by atoms with Gasteiger partial charge in [0, 0.05) is 42.2 Å². The van der Waals surface area contributed by atoms with Gasteiger partial charge in [-0.3, -0.25) is 4.57 Å². The van der Waals surface area contributed by atoms with E-state index in [0.717, 1.165) is 58.2 Å². The molecule has 0 amide bonds. The van der Waals surface area contributed by atoms with Crippen LogP contribution in [0.4, 0.5) is 5.69 Å². The molecule has 3 heterocycles. The first kappa shape index (κ1) is 21.9. The molecular formula is C30H27N5O. The summed E-state index contributed by atoms with van der Waals surface area (Å²) in [4.78, 5) is 6.89. The van der Waals surface area contributed by atoms with Crippen molar-refractivity contribution in [3.05, 3.63) is 104 Å². The first-order chi connectivity index (χ1) is 17.7. The third-order valence-corrected chi connectivity index (χ3v) is 6.54. The summed E-state index contributed by atoms with van der Waals surface area (Å²) in [6.45, 7) is 6.20. The third kappa shape index (κ3) is 3.86. The molecule has 0 N–H and O–H groups in total. The van der Waals surface area contributed by atoms with E-state index in [1.165, 1.54) is 5.39 Å². The maximum absolute atomic E-state index is 6.35. The second-order valence-electron chi connectivity index (χ2n) is 8.63. The Balaban J connectivity index is 1.37. The van der Waals surface area contributed by atoms with Gasteiger partial charge in [-0.1, -0.05) is 30.3 Å². The summed E-state index contributed by atoms with van der Waals surface area (Å²) in [6.07, 6.45) is 5.79. The lowest BCUT2D eigenvalue weighted by Crippen LogP contribution is -2.21. The molecule has 3 aromatic heterocycles. The summed E-state index contributed by atoms with van der Waals surface area (Å²) in [6, 6.07) is 28.6. The highest BCUT2D eigenvalue weighted by Gasteiger charge is 2.14. The fraction of sp³-hybridized carbons (Fsp3) is 0.133. The van der Waals surface area contributed by atoms with E-state index in [-0.39, 0.29) is 0 Å². The van der Waals surface area contributed by atoms with E-state index in [9.17, 15) is 0 Å². The quantitative estimate of drug-likeness (QED) is 0.250. The molecule has 178 valence electrons. The summed E-state index contributed by atoms with van der Waals surface area (Å²) < 4.78 is 10.4. The topological polar surface area (TPSA) is 48.1 Å². The summed E-state index contributed by atoms with van der Waals surface area (Å²) in [5, 5.41) is 6.92. The average molecular weight is 474 g/mol. The first-order valence-corrected chi connectivity index (χ1v) is 12.3. The van der Waals surface area contributed by atoms with Gasteiger partial charge in [0.15, 0.2) is 0 Å². The molecule has 0 bridgehead atoms. The van der Waals surface area contributed by atoms with E-state index in [1.54, 1.807) is 0 Å². The van der Waals surface area contributed by atoms with Crippen LogP contribution in [0.15, 0.2) is 104 Å². The smallest absolute Gasteiger partial charge is 0.137 e. The molecule has 0 aliphatic carbocycles. The number of aromatic nitrogens is 4. The normalized spacial score (nSPS) is 11.3. The molecule has 0 saturated heterocycles. The van der Waals surface area contributed by atoms with Crippen LogP contribution in [0.5, 0.6) is 11.5 Å². The Labute approximate surface area is 210 Å². The molecule has 6 nitrogen and oxygen atoms in total. The molecule has 3 aromatic carbocycles. The van der Waals surface area contributed by atoms with Crippen LogP contribution in [0.2, 0.25) is 0 Å². The van der Waals surface area contributed by atoms with Crippen LogP contribution < -0.4 is 9.64 Å². The predicted molar refractivity (Wildman–Crippen MR) is 146 cm³/mol. The zero-order chi connectivity index (χ0) is 24.5. The van der Waals surface area contributed by atoms with Gasteiger partial charge >= 0.3 is 0 Å². The molecule has 0 unspecified atom stereocenters. The van der Waals surface area contributed by atoms with Crippen LogP contribution in [0.3, 0.4) is 0 Å². The van der Waals surface area contributed by atoms with Crippen molar-refractivity contribution in [1.29, 1.82) is 0 Å². The van der Waals surface area contributed by atoms with Crippen molar-refractivity contribution in [2.24, 2.45) is 0 Å². The SMILES string of the molecule is CCN(CC)c1cnn(-c2cccc(Oc3ccc4c5ccccc5n(-c5ccccn5)c4c3)c2)c1. The molecule has 6 aromatic rings. The highest BCUT2D eigenvalue weighted by molar-refractivity contribution is 6.09. The van der Waals surface area contributed by atoms with Crippen LogP contribution in [-0.4, -0.2) is 32.4 Å². The zero-order valence-electron chi connectivity index (χ0n) is 20.4. The van der Waals surface area contributed by atoms with Crippen LogP contribution in [0.25, 0.3) is 33.3 Å². The summed E-state index contributed by atoms with van der Waals surface area (Å²) in [5.41, 5.74) is 4.24. The number of pyridine rings is 1. The van der Waals surface area contributed by atoms with Crippen molar-refractivity contribution >= 4 is 27.5 Å². The second kappa shape index (κ2) is 9.23. The van der Waals surface area contributed by atoms with Crippen molar-refractivity contribution in [2.45, 2.75) is 13.8 Å². The van der Waals surface area contributed by atoms with E-state index in [2.05, 4.69) is 76.0 Å². The van der Waals surface area contributed by atoms with Crippen molar-refractivity contribution < 1.29 is 4.74 Å². The van der Waals surface area contributed by atoms with Crippen molar-refractivity contribution in [3.63, 3.8) is 0 Å². The molecule has 36 heavy (non-hydrogen) atoms. The lowest BCUT2D eigenvalue weighted by Gasteiger charge is -2.17. The van der Waals surface area contributed by atoms with Gasteiger partial charge in [-0.2, -0.15) is 5.10 Å². The minimum Gasteiger partial charge on any atom is -0.457 e. The molecule has 0 aliphatic rings. The first-order valence-electron chi connectivity index (χ1n) is 12.3. The van der Waals surface area contributed by atoms with E-state index >= 15 is 0 Å². The maximum Gasteiger partial charge on any atom is 0.137 e. The molecule has 0 atom stereocenters. The van der Waals surface area contributed by atoms with Crippen molar-refractivity contribution in [1.82, 2.24) is 19.3 Å². The lowest BCUT2D eigenvalue weighted by molar-refractivity contribution is 0.483. The molecular weight excluding hydrogens is 446 g/mol. The van der Waals surface area contributed by atoms with Gasteiger partial charge in [0.05, 0.1) is 34.8 Å². The Morgan fingerprint density at radius 1 is 0.778 bits per heavy atom. The largest absolute Gasteiger partial charge is 0.457 e. The fourth-order valence-corrected chi connectivity index (χ4v) is 4.78. The summed E-state index contributed by atoms with van der Waals surface area (Å²) in [7, 11) is 0. The molecule has 0 spiro atoms. The number of fused-ring (bicyclic) bond motifs is 3. The number of para-hydroxylation sites is 1. The van der Waals surface area contributed by atoms with E-state index in [1.807, 2.05) is 65.6 Å². The Kier molecular flexibility index (Phi) is 5.62. The minimum absolute atomic E-state index is 0.757. The molecule has 0 saturated carbocycles. The summed E-state index contributed by atoms with van der Waals surface area (Å²) in [5.74, 6) is 2.40. The Hall–Kier alpha value is -4.58. The molecule has 6 rings (SSSR count).